The zero-order chi connectivity index (χ0) is 18.6. The van der Waals surface area contributed by atoms with Crippen LogP contribution in [0, 0.1) is 11.8 Å². The summed E-state index contributed by atoms with van der Waals surface area (Å²) in [6, 6.07) is 18.6. The van der Waals surface area contributed by atoms with Crippen molar-refractivity contribution in [1.29, 1.82) is 0 Å². The molecular weight excluding hydrogens is 359 g/mol. The molecule has 2 heterocycles. The number of ether oxygens (including phenoxy) is 1. The van der Waals surface area contributed by atoms with E-state index in [4.69, 9.17) is 13.8 Å². The molecule has 0 N–H and O–H groups in total. The maximum absolute atomic E-state index is 13.8. The average Bonchev–Trinajstić information content (AvgIpc) is 3.16. The molecule has 0 aromatic heterocycles. The summed E-state index contributed by atoms with van der Waals surface area (Å²) in [5.41, 5.74) is 4.65. The Bertz CT molecular complexity index is 942. The molecule has 1 fully saturated rings. The van der Waals surface area contributed by atoms with Gasteiger partial charge in [0.25, 0.3) is 0 Å². The van der Waals surface area contributed by atoms with Crippen molar-refractivity contribution in [3.8, 4) is 0 Å². The Kier molecular flexibility index (Phi) is 4.14. The summed E-state index contributed by atoms with van der Waals surface area (Å²) in [4.78, 5) is 0. The van der Waals surface area contributed by atoms with Crippen LogP contribution in [-0.2, 0) is 18.3 Å². The van der Waals surface area contributed by atoms with Crippen molar-refractivity contribution in [3.05, 3.63) is 76.6 Å². The summed E-state index contributed by atoms with van der Waals surface area (Å²) in [6.07, 6.45) is -0.0419. The zero-order valence-corrected chi connectivity index (χ0v) is 16.4. The van der Waals surface area contributed by atoms with E-state index in [1.807, 2.05) is 38.1 Å². The topological polar surface area (TPSA) is 44.8 Å². The van der Waals surface area contributed by atoms with Crippen LogP contribution < -0.4 is 0 Å². The van der Waals surface area contributed by atoms with Gasteiger partial charge >= 0.3 is 7.60 Å². The van der Waals surface area contributed by atoms with Gasteiger partial charge in [0, 0.05) is 11.8 Å². The molecule has 4 unspecified atom stereocenters. The van der Waals surface area contributed by atoms with Gasteiger partial charge in [-0.1, -0.05) is 54.6 Å². The SMILES string of the molecule is CCOP(=O)(OCC)C1=C(c2ccccc2)C2C3OC(c4ccccc43)C12. The van der Waals surface area contributed by atoms with Gasteiger partial charge in [-0.3, -0.25) is 4.57 Å². The third-order valence-corrected chi connectivity index (χ3v) is 8.17. The summed E-state index contributed by atoms with van der Waals surface area (Å²) in [5, 5.41) is 0.824. The standard InChI is InChI=1S/C22H23O4P/c1-3-24-27(23,25-4-2)22-17(14-10-6-5-7-11-14)18-19(22)21-16-13-9-8-12-15(16)20(18)26-21/h5-13,18-21H,3-4H2,1-2H3. The maximum Gasteiger partial charge on any atom is 0.358 e. The van der Waals surface area contributed by atoms with Crippen molar-refractivity contribution in [3.63, 3.8) is 0 Å². The molecule has 5 rings (SSSR count). The Morgan fingerprint density at radius 1 is 0.852 bits per heavy atom. The number of hydrogen-bond acceptors (Lipinski definition) is 4. The highest BCUT2D eigenvalue weighted by atomic mass is 31.2. The minimum atomic E-state index is -3.36. The fraction of sp³-hybridized carbons (Fsp3) is 0.364. The van der Waals surface area contributed by atoms with Gasteiger partial charge in [0.05, 0.1) is 30.7 Å². The van der Waals surface area contributed by atoms with E-state index in [1.165, 1.54) is 11.1 Å². The van der Waals surface area contributed by atoms with Gasteiger partial charge in [0.15, 0.2) is 0 Å². The molecule has 0 saturated carbocycles. The minimum absolute atomic E-state index is 0.0202. The van der Waals surface area contributed by atoms with E-state index < -0.39 is 7.60 Å². The monoisotopic (exact) mass is 382 g/mol. The van der Waals surface area contributed by atoms with Crippen LogP contribution in [0.2, 0.25) is 0 Å². The molecular formula is C22H23O4P. The molecule has 0 amide bonds. The Labute approximate surface area is 159 Å². The van der Waals surface area contributed by atoms with Gasteiger partial charge in [-0.25, -0.2) is 0 Å². The predicted octanol–water partition coefficient (Wildman–Crippen LogP) is 5.74. The summed E-state index contributed by atoms with van der Waals surface area (Å²) >= 11 is 0. The molecule has 5 heteroatoms. The van der Waals surface area contributed by atoms with Crippen LogP contribution in [-0.4, -0.2) is 13.2 Å². The first-order valence-corrected chi connectivity index (χ1v) is 11.2. The molecule has 2 aromatic rings. The lowest BCUT2D eigenvalue weighted by atomic mass is 9.63. The number of fused-ring (bicyclic) bond motifs is 8. The maximum atomic E-state index is 13.8. The summed E-state index contributed by atoms with van der Waals surface area (Å²) in [6.45, 7) is 4.42. The highest BCUT2D eigenvalue weighted by Gasteiger charge is 2.64. The largest absolute Gasteiger partial charge is 0.364 e. The smallest absolute Gasteiger partial charge is 0.358 e. The molecule has 4 atom stereocenters. The average molecular weight is 382 g/mol. The van der Waals surface area contributed by atoms with Gasteiger partial charge < -0.3 is 13.8 Å². The van der Waals surface area contributed by atoms with Gasteiger partial charge in [-0.15, -0.1) is 0 Å². The first kappa shape index (κ1) is 17.4. The second-order valence-electron chi connectivity index (χ2n) is 7.16. The predicted molar refractivity (Wildman–Crippen MR) is 104 cm³/mol. The molecule has 2 aliphatic heterocycles. The van der Waals surface area contributed by atoms with Gasteiger partial charge in [-0.05, 0) is 36.1 Å². The van der Waals surface area contributed by atoms with E-state index in [0.717, 1.165) is 16.5 Å². The summed E-state index contributed by atoms with van der Waals surface area (Å²) in [5.74, 6) is 0.264. The highest BCUT2D eigenvalue weighted by molar-refractivity contribution is 7.59. The molecule has 3 aliphatic rings. The first-order valence-electron chi connectivity index (χ1n) is 9.63. The molecule has 1 saturated heterocycles. The molecule has 140 valence electrons. The lowest BCUT2D eigenvalue weighted by molar-refractivity contribution is 0.0621. The lowest BCUT2D eigenvalue weighted by Gasteiger charge is -2.44. The van der Waals surface area contributed by atoms with Crippen molar-refractivity contribution in [2.45, 2.75) is 26.1 Å². The van der Waals surface area contributed by atoms with Crippen LogP contribution in [0.25, 0.3) is 5.57 Å². The van der Waals surface area contributed by atoms with Crippen LogP contribution >= 0.6 is 7.60 Å². The summed E-state index contributed by atoms with van der Waals surface area (Å²) in [7, 11) is -3.36. The van der Waals surface area contributed by atoms with Crippen molar-refractivity contribution >= 4 is 13.2 Å². The second-order valence-corrected chi connectivity index (χ2v) is 9.15. The van der Waals surface area contributed by atoms with E-state index in [-0.39, 0.29) is 24.0 Å². The van der Waals surface area contributed by atoms with Gasteiger partial charge in [0.2, 0.25) is 0 Å². The van der Waals surface area contributed by atoms with Crippen LogP contribution in [0.4, 0.5) is 0 Å². The molecule has 27 heavy (non-hydrogen) atoms. The minimum Gasteiger partial charge on any atom is -0.364 e. The third-order valence-electron chi connectivity index (χ3n) is 5.84. The van der Waals surface area contributed by atoms with E-state index in [9.17, 15) is 4.57 Å². The fourth-order valence-corrected chi connectivity index (χ4v) is 7.24. The Morgan fingerprint density at radius 2 is 1.41 bits per heavy atom. The Hall–Kier alpha value is -1.71. The van der Waals surface area contributed by atoms with E-state index in [0.29, 0.717) is 13.2 Å². The normalized spacial score (nSPS) is 28.1. The molecule has 1 aliphatic carbocycles. The quantitative estimate of drug-likeness (QED) is 0.598. The number of rotatable bonds is 6. The van der Waals surface area contributed by atoms with Gasteiger partial charge in [0.1, 0.15) is 0 Å². The van der Waals surface area contributed by atoms with Crippen LogP contribution in [0.15, 0.2) is 59.9 Å². The van der Waals surface area contributed by atoms with Crippen molar-refractivity contribution in [1.82, 2.24) is 0 Å². The van der Waals surface area contributed by atoms with E-state index in [1.54, 1.807) is 0 Å². The Balaban J connectivity index is 1.68. The van der Waals surface area contributed by atoms with Gasteiger partial charge in [-0.2, -0.15) is 0 Å². The number of hydrogen-bond donors (Lipinski definition) is 0. The number of benzene rings is 2. The van der Waals surface area contributed by atoms with Crippen molar-refractivity contribution < 1.29 is 18.3 Å². The van der Waals surface area contributed by atoms with E-state index in [2.05, 4.69) is 30.3 Å². The molecule has 2 aromatic carbocycles. The van der Waals surface area contributed by atoms with Crippen molar-refractivity contribution in [2.24, 2.45) is 11.8 Å². The summed E-state index contributed by atoms with van der Waals surface area (Å²) < 4.78 is 31.6. The first-order chi connectivity index (χ1) is 13.2. The molecule has 2 bridgehead atoms. The van der Waals surface area contributed by atoms with Crippen LogP contribution in [0.3, 0.4) is 0 Å². The van der Waals surface area contributed by atoms with Crippen molar-refractivity contribution in [2.75, 3.05) is 13.2 Å². The third kappa shape index (κ3) is 2.37. The van der Waals surface area contributed by atoms with Crippen LogP contribution in [0.5, 0.6) is 0 Å². The highest BCUT2D eigenvalue weighted by Crippen LogP contribution is 2.77. The molecule has 0 radical (unpaired) electrons. The molecule has 4 nitrogen and oxygen atoms in total. The fourth-order valence-electron chi connectivity index (χ4n) is 4.97. The second kappa shape index (κ2) is 6.42. The van der Waals surface area contributed by atoms with E-state index >= 15 is 0 Å². The lowest BCUT2D eigenvalue weighted by Crippen LogP contribution is -2.35. The van der Waals surface area contributed by atoms with Crippen LogP contribution in [0.1, 0.15) is 42.7 Å². The molecule has 0 spiro atoms. The zero-order valence-electron chi connectivity index (χ0n) is 15.5. The Morgan fingerprint density at radius 3 is 2.00 bits per heavy atom.